The number of aromatic amines is 1. The fraction of sp³-hybridized carbons (Fsp3) is 0.222. The molecule has 1 fully saturated rings. The molecule has 8 heteroatoms. The molecule has 2 heterocycles. The average molecular weight is 475 g/mol. The maximum absolute atomic E-state index is 10.2. The van der Waals surface area contributed by atoms with Crippen LogP contribution < -0.4 is 4.74 Å². The number of aliphatic hydroxyl groups excluding tert-OH is 4. The molecule has 35 heavy (non-hydrogen) atoms. The topological polar surface area (TPSA) is 128 Å². The summed E-state index contributed by atoms with van der Waals surface area (Å²) in [4.78, 5) is 8.31. The normalized spacial score (nSPS) is 24.3. The number of rotatable bonds is 6. The van der Waals surface area contributed by atoms with Crippen LogP contribution in [0.2, 0.25) is 0 Å². The molecule has 8 nitrogen and oxygen atoms in total. The van der Waals surface area contributed by atoms with Crippen molar-refractivity contribution in [1.82, 2.24) is 9.97 Å². The number of nitrogens with zero attached hydrogens (tertiary/aromatic N) is 1. The molecule has 0 radical (unpaired) electrons. The second-order valence-corrected chi connectivity index (χ2v) is 8.38. The maximum Gasteiger partial charge on any atom is 0.229 e. The lowest BCUT2D eigenvalue weighted by atomic mass is 9.99. The lowest BCUT2D eigenvalue weighted by Crippen LogP contribution is -2.60. The number of aromatic nitrogens is 2. The van der Waals surface area contributed by atoms with Crippen LogP contribution in [-0.4, -0.2) is 67.7 Å². The third-order valence-electron chi connectivity index (χ3n) is 6.04. The molecule has 3 aromatic carbocycles. The number of nitrogens with one attached hydrogen (secondary N) is 1. The standard InChI is InChI=1S/C27H26N2O6/c30-15-20-23(31)24(32)25(33)27(35-20)34-19-13-11-18(12-14-19)26-28-21(16-7-3-1-4-8-16)22(29-26)17-9-5-2-6-10-17/h1-14,20,23-25,27,30-33H,15H2,(H,28,29). The summed E-state index contributed by atoms with van der Waals surface area (Å²) in [5, 5.41) is 39.5. The van der Waals surface area contributed by atoms with E-state index < -0.39 is 37.3 Å². The Morgan fingerprint density at radius 3 is 2.00 bits per heavy atom. The monoisotopic (exact) mass is 474 g/mol. The lowest BCUT2D eigenvalue weighted by molar-refractivity contribution is -0.277. The van der Waals surface area contributed by atoms with E-state index in [0.717, 1.165) is 28.1 Å². The van der Waals surface area contributed by atoms with Gasteiger partial charge in [-0.3, -0.25) is 0 Å². The Labute approximate surface area is 202 Å². The van der Waals surface area contributed by atoms with Crippen LogP contribution in [0.5, 0.6) is 5.75 Å². The highest BCUT2D eigenvalue weighted by molar-refractivity contribution is 5.81. The Morgan fingerprint density at radius 1 is 0.743 bits per heavy atom. The molecule has 1 aliphatic rings. The summed E-state index contributed by atoms with van der Waals surface area (Å²) in [5.74, 6) is 1.07. The summed E-state index contributed by atoms with van der Waals surface area (Å²) in [6, 6.07) is 27.0. The van der Waals surface area contributed by atoms with Crippen molar-refractivity contribution < 1.29 is 29.9 Å². The Balaban J connectivity index is 1.41. The van der Waals surface area contributed by atoms with Crippen LogP contribution in [0.15, 0.2) is 84.9 Å². The summed E-state index contributed by atoms with van der Waals surface area (Å²) < 4.78 is 11.1. The molecular formula is C27H26N2O6. The first kappa shape index (κ1) is 23.2. The molecule has 0 amide bonds. The fourth-order valence-electron chi connectivity index (χ4n) is 4.12. The molecule has 0 bridgehead atoms. The van der Waals surface area contributed by atoms with Gasteiger partial charge in [0.1, 0.15) is 36.0 Å². The highest BCUT2D eigenvalue weighted by Gasteiger charge is 2.44. The molecule has 5 N–H and O–H groups in total. The van der Waals surface area contributed by atoms with E-state index in [1.807, 2.05) is 72.8 Å². The zero-order chi connectivity index (χ0) is 24.4. The Kier molecular flexibility index (Phi) is 6.63. The van der Waals surface area contributed by atoms with Crippen molar-refractivity contribution in [3.8, 4) is 39.7 Å². The van der Waals surface area contributed by atoms with Crippen LogP contribution in [0.25, 0.3) is 33.9 Å². The fourth-order valence-corrected chi connectivity index (χ4v) is 4.12. The van der Waals surface area contributed by atoms with Gasteiger partial charge in [-0.15, -0.1) is 0 Å². The Bertz CT molecular complexity index is 1190. The van der Waals surface area contributed by atoms with Gasteiger partial charge in [-0.05, 0) is 24.3 Å². The van der Waals surface area contributed by atoms with Gasteiger partial charge >= 0.3 is 0 Å². The van der Waals surface area contributed by atoms with E-state index in [0.29, 0.717) is 11.6 Å². The quantitative estimate of drug-likeness (QED) is 0.291. The molecule has 0 saturated carbocycles. The number of imidazole rings is 1. The maximum atomic E-state index is 10.2. The van der Waals surface area contributed by atoms with Gasteiger partial charge in [0.15, 0.2) is 0 Å². The molecule has 1 aliphatic heterocycles. The number of hydrogen-bond acceptors (Lipinski definition) is 7. The van der Waals surface area contributed by atoms with Gasteiger partial charge in [-0.25, -0.2) is 4.98 Å². The number of ether oxygens (including phenoxy) is 2. The van der Waals surface area contributed by atoms with E-state index in [-0.39, 0.29) is 0 Å². The van der Waals surface area contributed by atoms with Crippen LogP contribution in [-0.2, 0) is 4.74 Å². The van der Waals surface area contributed by atoms with Gasteiger partial charge in [-0.2, -0.15) is 0 Å². The van der Waals surface area contributed by atoms with Crippen molar-refractivity contribution in [2.24, 2.45) is 0 Å². The second-order valence-electron chi connectivity index (χ2n) is 8.38. The Morgan fingerprint density at radius 2 is 1.37 bits per heavy atom. The van der Waals surface area contributed by atoms with Gasteiger partial charge in [0.25, 0.3) is 0 Å². The molecule has 0 aliphatic carbocycles. The SMILES string of the molecule is OCC1OC(Oc2ccc(-c3nc(-c4ccccc4)c(-c4ccccc4)[nH]3)cc2)C(O)C(O)C1O. The minimum Gasteiger partial charge on any atom is -0.462 e. The largest absolute Gasteiger partial charge is 0.462 e. The van der Waals surface area contributed by atoms with Crippen molar-refractivity contribution in [1.29, 1.82) is 0 Å². The van der Waals surface area contributed by atoms with Gasteiger partial charge < -0.3 is 34.9 Å². The van der Waals surface area contributed by atoms with Crippen LogP contribution in [0, 0.1) is 0 Å². The Hall–Kier alpha value is -3.53. The molecule has 4 aromatic rings. The lowest BCUT2D eigenvalue weighted by Gasteiger charge is -2.39. The first-order valence-electron chi connectivity index (χ1n) is 11.3. The molecule has 0 spiro atoms. The van der Waals surface area contributed by atoms with Crippen LogP contribution in [0.3, 0.4) is 0 Å². The highest BCUT2D eigenvalue weighted by atomic mass is 16.7. The molecule has 180 valence electrons. The van der Waals surface area contributed by atoms with Gasteiger partial charge in [-0.1, -0.05) is 60.7 Å². The molecule has 5 rings (SSSR count). The van der Waals surface area contributed by atoms with Crippen molar-refractivity contribution in [2.45, 2.75) is 30.7 Å². The summed E-state index contributed by atoms with van der Waals surface area (Å²) in [5.41, 5.74) is 4.59. The van der Waals surface area contributed by atoms with E-state index in [2.05, 4.69) is 4.98 Å². The van der Waals surface area contributed by atoms with Crippen molar-refractivity contribution in [3.05, 3.63) is 84.9 Å². The third-order valence-corrected chi connectivity index (χ3v) is 6.04. The highest BCUT2D eigenvalue weighted by Crippen LogP contribution is 2.33. The summed E-state index contributed by atoms with van der Waals surface area (Å²) in [7, 11) is 0. The first-order chi connectivity index (χ1) is 17.0. The number of H-pyrrole nitrogens is 1. The smallest absolute Gasteiger partial charge is 0.229 e. The summed E-state index contributed by atoms with van der Waals surface area (Å²) in [6.45, 7) is -0.518. The first-order valence-corrected chi connectivity index (χ1v) is 11.3. The predicted octanol–water partition coefficient (Wildman–Crippen LogP) is 2.59. The van der Waals surface area contributed by atoms with E-state index in [9.17, 15) is 20.4 Å². The average Bonchev–Trinajstić information content (AvgIpc) is 3.36. The number of aliphatic hydroxyl groups is 4. The van der Waals surface area contributed by atoms with Gasteiger partial charge in [0, 0.05) is 16.7 Å². The molecule has 5 atom stereocenters. The minimum absolute atomic E-state index is 0.385. The van der Waals surface area contributed by atoms with Crippen molar-refractivity contribution >= 4 is 0 Å². The molecular weight excluding hydrogens is 448 g/mol. The van der Waals surface area contributed by atoms with Crippen molar-refractivity contribution in [3.63, 3.8) is 0 Å². The second kappa shape index (κ2) is 9.99. The summed E-state index contributed by atoms with van der Waals surface area (Å²) >= 11 is 0. The molecule has 1 saturated heterocycles. The van der Waals surface area contributed by atoms with E-state index >= 15 is 0 Å². The van der Waals surface area contributed by atoms with E-state index in [4.69, 9.17) is 14.5 Å². The van der Waals surface area contributed by atoms with Gasteiger partial charge in [0.2, 0.25) is 6.29 Å². The zero-order valence-corrected chi connectivity index (χ0v) is 18.7. The number of hydrogen-bond donors (Lipinski definition) is 5. The zero-order valence-electron chi connectivity index (χ0n) is 18.7. The van der Waals surface area contributed by atoms with E-state index in [1.165, 1.54) is 0 Å². The third kappa shape index (κ3) is 4.70. The number of benzene rings is 3. The predicted molar refractivity (Wildman–Crippen MR) is 129 cm³/mol. The minimum atomic E-state index is -1.50. The van der Waals surface area contributed by atoms with Crippen LogP contribution >= 0.6 is 0 Å². The van der Waals surface area contributed by atoms with Gasteiger partial charge in [0.05, 0.1) is 18.0 Å². The van der Waals surface area contributed by atoms with Crippen LogP contribution in [0.1, 0.15) is 0 Å². The molecule has 1 aromatic heterocycles. The van der Waals surface area contributed by atoms with Crippen molar-refractivity contribution in [2.75, 3.05) is 6.61 Å². The molecule has 5 unspecified atom stereocenters. The van der Waals surface area contributed by atoms with Crippen LogP contribution in [0.4, 0.5) is 0 Å². The summed E-state index contributed by atoms with van der Waals surface area (Å²) in [6.07, 6.45) is -6.68. The van der Waals surface area contributed by atoms with E-state index in [1.54, 1.807) is 12.1 Å².